The Balaban J connectivity index is 2.57. The summed E-state index contributed by atoms with van der Waals surface area (Å²) in [4.78, 5) is 10.8. The molecule has 4 nitrogen and oxygen atoms in total. The summed E-state index contributed by atoms with van der Waals surface area (Å²) >= 11 is 3.24. The Morgan fingerprint density at radius 3 is 2.41 bits per heavy atom. The number of esters is 1. The lowest BCUT2D eigenvalue weighted by Gasteiger charge is -2.04. The van der Waals surface area contributed by atoms with E-state index in [1.54, 1.807) is 24.3 Å². The summed E-state index contributed by atoms with van der Waals surface area (Å²) in [5, 5.41) is 0. The molecule has 0 aliphatic rings. The quantitative estimate of drug-likeness (QED) is 0.616. The smallest absolute Gasteiger partial charge is 0.302 e. The molecule has 0 aliphatic heterocycles. The third-order valence-corrected chi connectivity index (χ3v) is 4.38. The van der Waals surface area contributed by atoms with Gasteiger partial charge in [-0.3, -0.25) is 4.79 Å². The van der Waals surface area contributed by atoms with E-state index in [1.807, 2.05) is 0 Å². The standard InChI is InChI=1S/C11H13BrO4S/c1-9(13)16-7-2-8-17(14,15)11-5-3-10(12)4-6-11/h3-6H,2,7-8H2,1H3. The van der Waals surface area contributed by atoms with E-state index in [4.69, 9.17) is 0 Å². The molecular formula is C11H13BrO4S. The van der Waals surface area contributed by atoms with E-state index in [1.165, 1.54) is 6.92 Å². The fourth-order valence-corrected chi connectivity index (χ4v) is 2.77. The van der Waals surface area contributed by atoms with Crippen LogP contribution in [-0.4, -0.2) is 26.7 Å². The first-order valence-corrected chi connectivity index (χ1v) is 7.48. The minimum atomic E-state index is -3.29. The molecule has 1 rings (SSSR count). The van der Waals surface area contributed by atoms with Crippen molar-refractivity contribution in [3.63, 3.8) is 0 Å². The van der Waals surface area contributed by atoms with Crippen LogP contribution in [0.25, 0.3) is 0 Å². The van der Waals surface area contributed by atoms with Crippen LogP contribution in [0.2, 0.25) is 0 Å². The zero-order valence-corrected chi connectivity index (χ0v) is 11.8. The fraction of sp³-hybridized carbons (Fsp3) is 0.364. The van der Waals surface area contributed by atoms with Crippen LogP contribution >= 0.6 is 15.9 Å². The molecule has 0 saturated carbocycles. The number of carbonyl (C=O) groups excluding carboxylic acids is 1. The van der Waals surface area contributed by atoms with Crippen molar-refractivity contribution in [2.75, 3.05) is 12.4 Å². The molecule has 0 amide bonds. The topological polar surface area (TPSA) is 60.4 Å². The van der Waals surface area contributed by atoms with Gasteiger partial charge in [-0.25, -0.2) is 8.42 Å². The van der Waals surface area contributed by atoms with Gasteiger partial charge in [0.2, 0.25) is 0 Å². The average molecular weight is 321 g/mol. The van der Waals surface area contributed by atoms with Crippen LogP contribution < -0.4 is 0 Å². The van der Waals surface area contributed by atoms with Gasteiger partial charge in [0.05, 0.1) is 17.3 Å². The Kier molecular flexibility index (Phi) is 5.14. The van der Waals surface area contributed by atoms with E-state index in [-0.39, 0.29) is 17.3 Å². The van der Waals surface area contributed by atoms with E-state index >= 15 is 0 Å². The van der Waals surface area contributed by atoms with Gasteiger partial charge in [-0.2, -0.15) is 0 Å². The van der Waals surface area contributed by atoms with Crippen LogP contribution in [-0.2, 0) is 19.4 Å². The zero-order valence-electron chi connectivity index (χ0n) is 9.35. The normalized spacial score (nSPS) is 11.2. The van der Waals surface area contributed by atoms with Crippen molar-refractivity contribution in [1.82, 2.24) is 0 Å². The van der Waals surface area contributed by atoms with E-state index in [2.05, 4.69) is 20.7 Å². The van der Waals surface area contributed by atoms with Gasteiger partial charge in [-0.05, 0) is 30.7 Å². The van der Waals surface area contributed by atoms with Gasteiger partial charge in [-0.15, -0.1) is 0 Å². The lowest BCUT2D eigenvalue weighted by atomic mass is 10.4. The van der Waals surface area contributed by atoms with Crippen molar-refractivity contribution in [3.8, 4) is 0 Å². The molecular weight excluding hydrogens is 308 g/mol. The van der Waals surface area contributed by atoms with E-state index in [9.17, 15) is 13.2 Å². The summed E-state index contributed by atoms with van der Waals surface area (Å²) in [7, 11) is -3.29. The second kappa shape index (κ2) is 6.16. The second-order valence-electron chi connectivity index (χ2n) is 3.47. The Bertz CT molecular complexity index is 479. The van der Waals surface area contributed by atoms with Gasteiger partial charge in [0.25, 0.3) is 0 Å². The number of sulfone groups is 1. The fourth-order valence-electron chi connectivity index (χ4n) is 1.22. The molecule has 6 heteroatoms. The van der Waals surface area contributed by atoms with Gasteiger partial charge in [-0.1, -0.05) is 15.9 Å². The molecule has 0 aromatic heterocycles. The molecule has 0 fully saturated rings. The zero-order chi connectivity index (χ0) is 12.9. The summed E-state index contributed by atoms with van der Waals surface area (Å²) in [6, 6.07) is 6.45. The Labute approximate surface area is 109 Å². The molecule has 0 N–H and O–H groups in total. The maximum absolute atomic E-state index is 11.8. The molecule has 0 heterocycles. The predicted octanol–water partition coefficient (Wildman–Crippen LogP) is 2.18. The number of carbonyl (C=O) groups is 1. The lowest BCUT2D eigenvalue weighted by Crippen LogP contribution is -2.10. The molecule has 1 aromatic rings. The molecule has 0 radical (unpaired) electrons. The summed E-state index contributed by atoms with van der Waals surface area (Å²) in [6.07, 6.45) is 0.304. The Morgan fingerprint density at radius 1 is 1.29 bits per heavy atom. The number of rotatable bonds is 5. The Morgan fingerprint density at radius 2 is 1.88 bits per heavy atom. The van der Waals surface area contributed by atoms with Crippen LogP contribution in [0.3, 0.4) is 0 Å². The number of ether oxygens (including phenoxy) is 1. The number of benzene rings is 1. The van der Waals surface area contributed by atoms with Gasteiger partial charge < -0.3 is 4.74 Å². The van der Waals surface area contributed by atoms with Crippen molar-refractivity contribution in [1.29, 1.82) is 0 Å². The SMILES string of the molecule is CC(=O)OCCCS(=O)(=O)c1ccc(Br)cc1. The van der Waals surface area contributed by atoms with E-state index in [0.717, 1.165) is 4.47 Å². The van der Waals surface area contributed by atoms with E-state index < -0.39 is 15.8 Å². The number of halogens is 1. The summed E-state index contributed by atoms with van der Waals surface area (Å²) in [5.74, 6) is -0.423. The molecule has 94 valence electrons. The van der Waals surface area contributed by atoms with Crippen molar-refractivity contribution >= 4 is 31.7 Å². The van der Waals surface area contributed by atoms with Gasteiger partial charge in [0, 0.05) is 11.4 Å². The minimum Gasteiger partial charge on any atom is -0.466 e. The molecule has 0 saturated heterocycles. The first-order chi connectivity index (χ1) is 7.92. The molecule has 0 spiro atoms. The molecule has 0 unspecified atom stereocenters. The summed E-state index contributed by atoms with van der Waals surface area (Å²) < 4.78 is 29.2. The number of hydrogen-bond donors (Lipinski definition) is 0. The van der Waals surface area contributed by atoms with Crippen LogP contribution in [0.1, 0.15) is 13.3 Å². The third-order valence-electron chi connectivity index (χ3n) is 2.04. The summed E-state index contributed by atoms with van der Waals surface area (Å²) in [5.41, 5.74) is 0. The maximum Gasteiger partial charge on any atom is 0.302 e. The highest BCUT2D eigenvalue weighted by Crippen LogP contribution is 2.16. The number of hydrogen-bond acceptors (Lipinski definition) is 4. The highest BCUT2D eigenvalue weighted by molar-refractivity contribution is 9.10. The van der Waals surface area contributed by atoms with Gasteiger partial charge in [0.1, 0.15) is 0 Å². The van der Waals surface area contributed by atoms with E-state index in [0.29, 0.717) is 6.42 Å². The molecule has 1 aromatic carbocycles. The predicted molar refractivity (Wildman–Crippen MR) is 67.4 cm³/mol. The highest BCUT2D eigenvalue weighted by Gasteiger charge is 2.13. The van der Waals surface area contributed by atoms with Crippen LogP contribution in [0.15, 0.2) is 33.6 Å². The molecule has 0 atom stereocenters. The van der Waals surface area contributed by atoms with Crippen LogP contribution in [0, 0.1) is 0 Å². The monoisotopic (exact) mass is 320 g/mol. The van der Waals surface area contributed by atoms with Crippen molar-refractivity contribution in [3.05, 3.63) is 28.7 Å². The Hall–Kier alpha value is -0.880. The first kappa shape index (κ1) is 14.2. The van der Waals surface area contributed by atoms with Crippen molar-refractivity contribution in [2.24, 2.45) is 0 Å². The molecule has 0 aliphatic carbocycles. The summed E-state index contributed by atoms with van der Waals surface area (Å²) in [6.45, 7) is 1.42. The first-order valence-electron chi connectivity index (χ1n) is 5.03. The van der Waals surface area contributed by atoms with Gasteiger partial charge in [0.15, 0.2) is 9.84 Å². The third kappa shape index (κ3) is 4.87. The van der Waals surface area contributed by atoms with Crippen molar-refractivity contribution in [2.45, 2.75) is 18.2 Å². The maximum atomic E-state index is 11.8. The molecule has 0 bridgehead atoms. The van der Waals surface area contributed by atoms with Crippen LogP contribution in [0.5, 0.6) is 0 Å². The van der Waals surface area contributed by atoms with Gasteiger partial charge >= 0.3 is 5.97 Å². The van der Waals surface area contributed by atoms with Crippen molar-refractivity contribution < 1.29 is 17.9 Å². The largest absolute Gasteiger partial charge is 0.466 e. The average Bonchev–Trinajstić information content (AvgIpc) is 2.25. The van der Waals surface area contributed by atoms with Crippen LogP contribution in [0.4, 0.5) is 0 Å². The lowest BCUT2D eigenvalue weighted by molar-refractivity contribution is -0.140. The minimum absolute atomic E-state index is 0.0259. The highest BCUT2D eigenvalue weighted by atomic mass is 79.9. The molecule has 17 heavy (non-hydrogen) atoms. The second-order valence-corrected chi connectivity index (χ2v) is 6.49.